The molecule has 0 aliphatic heterocycles. The first-order chi connectivity index (χ1) is 16.4. The van der Waals surface area contributed by atoms with Gasteiger partial charge in [-0.25, -0.2) is 24.1 Å². The van der Waals surface area contributed by atoms with Crippen molar-refractivity contribution in [3.05, 3.63) is 88.7 Å². The highest BCUT2D eigenvalue weighted by Gasteiger charge is 2.12. The normalized spacial score (nSPS) is 10.6. The number of pyridine rings is 1. The Bertz CT molecular complexity index is 1350. The van der Waals surface area contributed by atoms with Crippen LogP contribution in [0.5, 0.6) is 11.6 Å². The van der Waals surface area contributed by atoms with E-state index in [1.807, 2.05) is 32.0 Å². The average Bonchev–Trinajstić information content (AvgIpc) is 2.83. The minimum absolute atomic E-state index is 0.325. The first-order valence-corrected chi connectivity index (χ1v) is 11.3. The Hall–Kier alpha value is -3.85. The van der Waals surface area contributed by atoms with Crippen LogP contribution >= 0.6 is 15.9 Å². The molecule has 0 bridgehead atoms. The number of aromatic nitrogens is 3. The molecule has 0 fully saturated rings. The van der Waals surface area contributed by atoms with Crippen molar-refractivity contribution in [3.63, 3.8) is 0 Å². The zero-order chi connectivity index (χ0) is 24.1. The summed E-state index contributed by atoms with van der Waals surface area (Å²) in [5, 5.41) is 5.37. The minimum Gasteiger partial charge on any atom is -0.438 e. The molecule has 0 atom stereocenters. The van der Waals surface area contributed by atoms with Crippen molar-refractivity contribution in [2.45, 2.75) is 20.3 Å². The van der Waals surface area contributed by atoms with Crippen molar-refractivity contribution in [3.8, 4) is 22.9 Å². The fourth-order valence-corrected chi connectivity index (χ4v) is 3.44. The van der Waals surface area contributed by atoms with Crippen molar-refractivity contribution < 1.29 is 13.9 Å². The van der Waals surface area contributed by atoms with E-state index in [9.17, 15) is 9.18 Å². The van der Waals surface area contributed by atoms with Crippen LogP contribution in [-0.2, 0) is 6.42 Å². The van der Waals surface area contributed by atoms with Gasteiger partial charge in [0.25, 0.3) is 0 Å². The number of amides is 2. The Morgan fingerprint density at radius 2 is 1.91 bits per heavy atom. The molecule has 4 rings (SSSR count). The Morgan fingerprint density at radius 3 is 2.68 bits per heavy atom. The predicted molar refractivity (Wildman–Crippen MR) is 133 cm³/mol. The summed E-state index contributed by atoms with van der Waals surface area (Å²) in [6.45, 7) is 3.84. The van der Waals surface area contributed by atoms with E-state index in [1.54, 1.807) is 36.7 Å². The van der Waals surface area contributed by atoms with Gasteiger partial charge in [-0.15, -0.1) is 0 Å². The molecule has 2 aromatic carbocycles. The zero-order valence-electron chi connectivity index (χ0n) is 18.5. The Kier molecular flexibility index (Phi) is 7.12. The molecule has 2 heterocycles. The maximum atomic E-state index is 13.7. The summed E-state index contributed by atoms with van der Waals surface area (Å²) >= 11 is 3.09. The lowest BCUT2D eigenvalue weighted by atomic mass is 10.1. The SMILES string of the molecule is CCc1nccc(-c2cccnc2Oc2ccc(NC(=O)Nc3ccc(Br)c(F)c3)c(C)c2)n1. The largest absolute Gasteiger partial charge is 0.438 e. The number of carbonyl (C=O) groups excluding carboxylic acids is 1. The molecular weight excluding hydrogens is 501 g/mol. The maximum Gasteiger partial charge on any atom is 0.323 e. The van der Waals surface area contributed by atoms with E-state index in [4.69, 9.17) is 4.74 Å². The van der Waals surface area contributed by atoms with Gasteiger partial charge in [0.2, 0.25) is 5.88 Å². The fraction of sp³-hybridized carbons (Fsp3) is 0.120. The number of anilines is 2. The second kappa shape index (κ2) is 10.4. The second-order valence-electron chi connectivity index (χ2n) is 7.35. The number of ether oxygens (including phenoxy) is 1. The summed E-state index contributed by atoms with van der Waals surface area (Å²) in [6, 6.07) is 14.7. The van der Waals surface area contributed by atoms with Crippen molar-refractivity contribution in [2.75, 3.05) is 10.6 Å². The van der Waals surface area contributed by atoms with Gasteiger partial charge in [-0.2, -0.15) is 0 Å². The van der Waals surface area contributed by atoms with Crippen LogP contribution in [-0.4, -0.2) is 21.0 Å². The predicted octanol–water partition coefficient (Wildman–Crippen LogP) is 6.75. The number of carbonyl (C=O) groups is 1. The summed E-state index contributed by atoms with van der Waals surface area (Å²) in [4.78, 5) is 25.5. The van der Waals surface area contributed by atoms with E-state index in [1.165, 1.54) is 12.1 Å². The molecule has 9 heteroatoms. The van der Waals surface area contributed by atoms with Crippen molar-refractivity contribution in [2.24, 2.45) is 0 Å². The lowest BCUT2D eigenvalue weighted by molar-refractivity contribution is 0.262. The summed E-state index contributed by atoms with van der Waals surface area (Å²) < 4.78 is 20.1. The van der Waals surface area contributed by atoms with Crippen molar-refractivity contribution in [1.29, 1.82) is 0 Å². The summed E-state index contributed by atoms with van der Waals surface area (Å²) in [6.07, 6.45) is 4.09. The van der Waals surface area contributed by atoms with Crippen LogP contribution in [0.4, 0.5) is 20.6 Å². The smallest absolute Gasteiger partial charge is 0.323 e. The first kappa shape index (κ1) is 23.3. The summed E-state index contributed by atoms with van der Waals surface area (Å²) in [5.41, 5.74) is 3.19. The van der Waals surface area contributed by atoms with E-state index in [2.05, 4.69) is 41.5 Å². The lowest BCUT2D eigenvalue weighted by Crippen LogP contribution is -2.20. The molecule has 2 amide bonds. The van der Waals surface area contributed by atoms with Crippen LogP contribution in [0.3, 0.4) is 0 Å². The Labute approximate surface area is 204 Å². The molecule has 0 spiro atoms. The number of hydrogen-bond donors (Lipinski definition) is 2. The van der Waals surface area contributed by atoms with E-state index in [-0.39, 0.29) is 0 Å². The molecule has 172 valence electrons. The van der Waals surface area contributed by atoms with Crippen molar-refractivity contribution >= 4 is 33.3 Å². The quantitative estimate of drug-likeness (QED) is 0.293. The number of nitrogens with one attached hydrogen (secondary N) is 2. The average molecular weight is 522 g/mol. The molecular formula is C25H21BrFN5O2. The van der Waals surface area contributed by atoms with Gasteiger partial charge in [-0.3, -0.25) is 0 Å². The van der Waals surface area contributed by atoms with Crippen LogP contribution in [0, 0.1) is 12.7 Å². The van der Waals surface area contributed by atoms with Crippen LogP contribution < -0.4 is 15.4 Å². The standard InChI is InChI=1S/C25H21BrFN5O2/c1-3-23-28-12-10-22(31-23)18-5-4-11-29-24(18)34-17-7-9-21(15(2)13-17)32-25(33)30-16-6-8-19(26)20(27)14-16/h4-14H,3H2,1-2H3,(H2,30,32,33). The third-order valence-corrected chi connectivity index (χ3v) is 5.55. The van der Waals surface area contributed by atoms with Gasteiger partial charge in [0, 0.05) is 30.2 Å². The van der Waals surface area contributed by atoms with Crippen molar-refractivity contribution in [1.82, 2.24) is 15.0 Å². The number of urea groups is 1. The molecule has 0 unspecified atom stereocenters. The molecule has 2 N–H and O–H groups in total. The molecule has 4 aromatic rings. The number of benzene rings is 2. The van der Waals surface area contributed by atoms with Gasteiger partial charge in [0.1, 0.15) is 17.4 Å². The van der Waals surface area contributed by atoms with Gasteiger partial charge in [-0.1, -0.05) is 6.92 Å². The van der Waals surface area contributed by atoms with E-state index >= 15 is 0 Å². The highest BCUT2D eigenvalue weighted by atomic mass is 79.9. The molecule has 7 nitrogen and oxygen atoms in total. The highest BCUT2D eigenvalue weighted by molar-refractivity contribution is 9.10. The van der Waals surface area contributed by atoms with Crippen LogP contribution in [0.1, 0.15) is 18.3 Å². The fourth-order valence-electron chi connectivity index (χ4n) is 3.20. The molecule has 2 aromatic heterocycles. The van der Waals surface area contributed by atoms with Crippen LogP contribution in [0.2, 0.25) is 0 Å². The molecule has 0 aliphatic carbocycles. The monoisotopic (exact) mass is 521 g/mol. The third kappa shape index (κ3) is 5.55. The number of nitrogens with zero attached hydrogens (tertiary/aromatic N) is 3. The van der Waals surface area contributed by atoms with Crippen LogP contribution in [0.15, 0.2) is 71.5 Å². The Balaban J connectivity index is 1.49. The molecule has 0 saturated carbocycles. The van der Waals surface area contributed by atoms with Gasteiger partial charge >= 0.3 is 6.03 Å². The molecule has 0 saturated heterocycles. The number of halogens is 2. The van der Waals surface area contributed by atoms with E-state index in [0.717, 1.165) is 29.1 Å². The lowest BCUT2D eigenvalue weighted by Gasteiger charge is -2.13. The number of hydrogen-bond acceptors (Lipinski definition) is 5. The van der Waals surface area contributed by atoms with Gasteiger partial charge in [-0.05, 0) is 83.0 Å². The number of aryl methyl sites for hydroxylation is 2. The second-order valence-corrected chi connectivity index (χ2v) is 8.21. The van der Waals surface area contributed by atoms with Gasteiger partial charge in [0.05, 0.1) is 15.7 Å². The summed E-state index contributed by atoms with van der Waals surface area (Å²) in [5.74, 6) is 1.25. The molecule has 0 radical (unpaired) electrons. The highest BCUT2D eigenvalue weighted by Crippen LogP contribution is 2.32. The Morgan fingerprint density at radius 1 is 1.06 bits per heavy atom. The van der Waals surface area contributed by atoms with E-state index in [0.29, 0.717) is 27.5 Å². The van der Waals surface area contributed by atoms with Gasteiger partial charge in [0.15, 0.2) is 0 Å². The molecule has 0 aliphatic rings. The van der Waals surface area contributed by atoms with Crippen LogP contribution in [0.25, 0.3) is 11.3 Å². The topological polar surface area (TPSA) is 89.0 Å². The van der Waals surface area contributed by atoms with Gasteiger partial charge < -0.3 is 15.4 Å². The minimum atomic E-state index is -0.485. The molecule has 34 heavy (non-hydrogen) atoms. The zero-order valence-corrected chi connectivity index (χ0v) is 20.1. The maximum absolute atomic E-state index is 13.7. The number of rotatable bonds is 6. The third-order valence-electron chi connectivity index (χ3n) is 4.91. The summed E-state index contributed by atoms with van der Waals surface area (Å²) in [7, 11) is 0. The van der Waals surface area contributed by atoms with E-state index < -0.39 is 11.8 Å². The first-order valence-electron chi connectivity index (χ1n) is 10.5.